The van der Waals surface area contributed by atoms with E-state index in [4.69, 9.17) is 5.11 Å². The monoisotopic (exact) mass is 345 g/mol. The van der Waals surface area contributed by atoms with Crippen LogP contribution < -0.4 is 4.72 Å². The Hall–Kier alpha value is -1.87. The van der Waals surface area contributed by atoms with Crippen molar-refractivity contribution in [2.24, 2.45) is 0 Å². The van der Waals surface area contributed by atoms with Crippen LogP contribution in [0.15, 0.2) is 40.0 Å². The minimum absolute atomic E-state index is 0.0168. The van der Waals surface area contributed by atoms with Crippen molar-refractivity contribution in [2.45, 2.75) is 4.90 Å². The molecule has 0 atom stereocenters. The van der Waals surface area contributed by atoms with Gasteiger partial charge >= 0.3 is 5.97 Å². The highest BCUT2D eigenvalue weighted by atomic mass is 79.9. The van der Waals surface area contributed by atoms with Crippen LogP contribution in [0.5, 0.6) is 0 Å². The number of H-pyrrole nitrogens is 1. The molecule has 19 heavy (non-hydrogen) atoms. The van der Waals surface area contributed by atoms with Crippen LogP contribution in [0.3, 0.4) is 0 Å². The smallest absolute Gasteiger partial charge is 0.337 e. The molecule has 2 aromatic rings. The lowest BCUT2D eigenvalue weighted by atomic mass is 10.2. The SMILES string of the molecule is O=C(O)c1cc(Br)ccc1NS(=O)(=O)c1cn[nH]c1. The van der Waals surface area contributed by atoms with E-state index < -0.39 is 16.0 Å². The zero-order chi connectivity index (χ0) is 14.0. The Morgan fingerprint density at radius 3 is 2.74 bits per heavy atom. The van der Waals surface area contributed by atoms with E-state index in [-0.39, 0.29) is 16.1 Å². The highest BCUT2D eigenvalue weighted by molar-refractivity contribution is 9.10. The molecule has 0 saturated carbocycles. The van der Waals surface area contributed by atoms with Gasteiger partial charge in [-0.15, -0.1) is 0 Å². The normalized spacial score (nSPS) is 11.2. The number of aromatic carboxylic acids is 1. The lowest BCUT2D eigenvalue weighted by molar-refractivity contribution is 0.0698. The zero-order valence-corrected chi connectivity index (χ0v) is 11.7. The summed E-state index contributed by atoms with van der Waals surface area (Å²) in [6.07, 6.45) is 2.32. The number of benzene rings is 1. The molecule has 0 bridgehead atoms. The van der Waals surface area contributed by atoms with Gasteiger partial charge in [0.1, 0.15) is 4.90 Å². The van der Waals surface area contributed by atoms with Crippen molar-refractivity contribution in [3.05, 3.63) is 40.6 Å². The van der Waals surface area contributed by atoms with Crippen LogP contribution in [0.4, 0.5) is 5.69 Å². The number of nitrogens with zero attached hydrogens (tertiary/aromatic N) is 1. The third-order valence-electron chi connectivity index (χ3n) is 2.24. The van der Waals surface area contributed by atoms with Gasteiger partial charge in [0.25, 0.3) is 10.0 Å². The predicted molar refractivity (Wildman–Crippen MR) is 70.5 cm³/mol. The van der Waals surface area contributed by atoms with E-state index in [1.165, 1.54) is 18.3 Å². The molecule has 0 aliphatic heterocycles. The van der Waals surface area contributed by atoms with Crippen molar-refractivity contribution in [1.82, 2.24) is 10.2 Å². The number of carbonyl (C=O) groups is 1. The summed E-state index contributed by atoms with van der Waals surface area (Å²) in [4.78, 5) is 11.0. The molecule has 3 N–H and O–H groups in total. The number of carboxylic acid groups (broad SMARTS) is 1. The molecule has 100 valence electrons. The largest absolute Gasteiger partial charge is 0.478 e. The fraction of sp³-hybridized carbons (Fsp3) is 0. The van der Waals surface area contributed by atoms with E-state index in [0.717, 1.165) is 6.20 Å². The Balaban J connectivity index is 2.42. The average molecular weight is 346 g/mol. The summed E-state index contributed by atoms with van der Waals surface area (Å²) in [7, 11) is -3.86. The highest BCUT2D eigenvalue weighted by Gasteiger charge is 2.19. The molecule has 9 heteroatoms. The standard InChI is InChI=1S/C10H8BrN3O4S/c11-6-1-2-9(8(3-6)10(15)16)14-19(17,18)7-4-12-13-5-7/h1-5,14H,(H,12,13)(H,15,16). The molecule has 1 aromatic carbocycles. The zero-order valence-electron chi connectivity index (χ0n) is 9.29. The summed E-state index contributed by atoms with van der Waals surface area (Å²) in [5.41, 5.74) is -0.168. The summed E-state index contributed by atoms with van der Waals surface area (Å²) < 4.78 is 26.6. The van der Waals surface area contributed by atoms with Crippen LogP contribution in [0.2, 0.25) is 0 Å². The van der Waals surface area contributed by atoms with Crippen LogP contribution in [0.1, 0.15) is 10.4 Å². The number of hydrogen-bond acceptors (Lipinski definition) is 4. The molecule has 0 spiro atoms. The maximum absolute atomic E-state index is 11.9. The van der Waals surface area contributed by atoms with Crippen molar-refractivity contribution in [1.29, 1.82) is 0 Å². The van der Waals surface area contributed by atoms with Crippen LogP contribution >= 0.6 is 15.9 Å². The number of rotatable bonds is 4. The predicted octanol–water partition coefficient (Wildman–Crippen LogP) is 1.67. The average Bonchev–Trinajstić information content (AvgIpc) is 2.85. The van der Waals surface area contributed by atoms with Gasteiger partial charge in [-0.05, 0) is 18.2 Å². The van der Waals surface area contributed by atoms with Gasteiger partial charge in [0, 0.05) is 10.7 Å². The molecular formula is C10H8BrN3O4S. The molecule has 1 heterocycles. The molecule has 7 nitrogen and oxygen atoms in total. The minimum atomic E-state index is -3.86. The van der Waals surface area contributed by atoms with E-state index in [1.54, 1.807) is 6.07 Å². The fourth-order valence-corrected chi connectivity index (χ4v) is 2.72. The quantitative estimate of drug-likeness (QED) is 0.780. The number of hydrogen-bond donors (Lipinski definition) is 3. The van der Waals surface area contributed by atoms with Gasteiger partial charge in [-0.25, -0.2) is 13.2 Å². The first-order chi connectivity index (χ1) is 8.90. The first-order valence-electron chi connectivity index (χ1n) is 4.94. The van der Waals surface area contributed by atoms with Gasteiger partial charge in [-0.2, -0.15) is 5.10 Å². The molecule has 0 aliphatic carbocycles. The Kier molecular flexibility index (Phi) is 3.58. The van der Waals surface area contributed by atoms with Crippen molar-refractivity contribution >= 4 is 37.6 Å². The molecule has 0 unspecified atom stereocenters. The maximum atomic E-state index is 11.9. The number of aromatic nitrogens is 2. The summed E-state index contributed by atoms with van der Waals surface area (Å²) in [5.74, 6) is -1.23. The van der Waals surface area contributed by atoms with Crippen LogP contribution in [0.25, 0.3) is 0 Å². The second-order valence-electron chi connectivity index (χ2n) is 3.53. The summed E-state index contributed by atoms with van der Waals surface area (Å²) in [5, 5.41) is 15.0. The third kappa shape index (κ3) is 2.93. The van der Waals surface area contributed by atoms with E-state index in [9.17, 15) is 13.2 Å². The molecule has 2 rings (SSSR count). The first-order valence-corrected chi connectivity index (χ1v) is 7.22. The molecule has 0 saturated heterocycles. The number of halogens is 1. The number of nitrogens with one attached hydrogen (secondary N) is 2. The number of anilines is 1. The van der Waals surface area contributed by atoms with Crippen molar-refractivity contribution < 1.29 is 18.3 Å². The van der Waals surface area contributed by atoms with E-state index in [2.05, 4.69) is 30.8 Å². The molecular weight excluding hydrogens is 338 g/mol. The van der Waals surface area contributed by atoms with Crippen molar-refractivity contribution in [3.63, 3.8) is 0 Å². The summed E-state index contributed by atoms with van der Waals surface area (Å²) in [6, 6.07) is 4.22. The number of aromatic amines is 1. The molecule has 0 fully saturated rings. The number of sulfonamides is 1. The minimum Gasteiger partial charge on any atom is -0.478 e. The van der Waals surface area contributed by atoms with Gasteiger partial charge < -0.3 is 5.11 Å². The third-order valence-corrected chi connectivity index (χ3v) is 4.07. The van der Waals surface area contributed by atoms with Gasteiger partial charge in [0.05, 0.1) is 17.4 Å². The van der Waals surface area contributed by atoms with Crippen LogP contribution in [-0.2, 0) is 10.0 Å². The van der Waals surface area contributed by atoms with Crippen LogP contribution in [-0.4, -0.2) is 29.7 Å². The van der Waals surface area contributed by atoms with Crippen molar-refractivity contribution in [2.75, 3.05) is 4.72 Å². The Morgan fingerprint density at radius 2 is 2.16 bits per heavy atom. The number of carboxylic acids is 1. The molecule has 0 radical (unpaired) electrons. The second kappa shape index (κ2) is 5.02. The molecule has 0 aliphatic rings. The maximum Gasteiger partial charge on any atom is 0.337 e. The van der Waals surface area contributed by atoms with E-state index >= 15 is 0 Å². The van der Waals surface area contributed by atoms with Gasteiger partial charge in [0.2, 0.25) is 0 Å². The Bertz CT molecular complexity index is 712. The molecule has 0 amide bonds. The van der Waals surface area contributed by atoms with E-state index in [1.807, 2.05) is 0 Å². The summed E-state index contributed by atoms with van der Waals surface area (Å²) >= 11 is 3.13. The summed E-state index contributed by atoms with van der Waals surface area (Å²) in [6.45, 7) is 0. The Labute approximate surface area is 116 Å². The highest BCUT2D eigenvalue weighted by Crippen LogP contribution is 2.23. The van der Waals surface area contributed by atoms with Crippen molar-refractivity contribution in [3.8, 4) is 0 Å². The Morgan fingerprint density at radius 1 is 1.42 bits per heavy atom. The van der Waals surface area contributed by atoms with Gasteiger partial charge in [-0.3, -0.25) is 9.82 Å². The van der Waals surface area contributed by atoms with Gasteiger partial charge in [0.15, 0.2) is 0 Å². The van der Waals surface area contributed by atoms with Gasteiger partial charge in [-0.1, -0.05) is 15.9 Å². The second-order valence-corrected chi connectivity index (χ2v) is 6.13. The van der Waals surface area contributed by atoms with E-state index in [0.29, 0.717) is 4.47 Å². The molecule has 1 aromatic heterocycles. The fourth-order valence-electron chi connectivity index (χ4n) is 1.37. The van der Waals surface area contributed by atoms with Crippen LogP contribution in [0, 0.1) is 0 Å². The lowest BCUT2D eigenvalue weighted by Crippen LogP contribution is -2.15. The lowest BCUT2D eigenvalue weighted by Gasteiger charge is -2.09. The topological polar surface area (TPSA) is 112 Å². The first kappa shape index (κ1) is 13.6.